The molecule has 1 aromatic rings. The van der Waals surface area contributed by atoms with Gasteiger partial charge in [-0.15, -0.1) is 0 Å². The van der Waals surface area contributed by atoms with Gasteiger partial charge >= 0.3 is 0 Å². The minimum absolute atomic E-state index is 0.0422. The van der Waals surface area contributed by atoms with Crippen molar-refractivity contribution < 1.29 is 4.79 Å². The Kier molecular flexibility index (Phi) is 7.71. The predicted molar refractivity (Wildman–Crippen MR) is 131 cm³/mol. The Bertz CT molecular complexity index is 766. The first-order chi connectivity index (χ1) is 15.5. The number of fused-ring (bicyclic) bond motifs is 2. The normalized spacial score (nSPS) is 30.7. The second-order valence-electron chi connectivity index (χ2n) is 10.3. The van der Waals surface area contributed by atoms with Gasteiger partial charge in [-0.25, -0.2) is 4.99 Å². The lowest BCUT2D eigenvalue weighted by Gasteiger charge is -2.40. The third kappa shape index (κ3) is 5.83. The Morgan fingerprint density at radius 2 is 1.72 bits per heavy atom. The molecule has 176 valence electrons. The van der Waals surface area contributed by atoms with Gasteiger partial charge in [0.25, 0.3) is 0 Å². The summed E-state index contributed by atoms with van der Waals surface area (Å²) in [4.78, 5) is 21.2. The van der Waals surface area contributed by atoms with Crippen LogP contribution in [-0.4, -0.2) is 66.5 Å². The fraction of sp³-hybridized carbons (Fsp3) is 0.692. The molecule has 0 spiro atoms. The van der Waals surface area contributed by atoms with Crippen LogP contribution in [0.2, 0.25) is 0 Å². The van der Waals surface area contributed by atoms with Crippen molar-refractivity contribution in [3.05, 3.63) is 35.9 Å². The first kappa shape index (κ1) is 23.1. The maximum Gasteiger partial charge on any atom is 0.243 e. The molecule has 1 amide bonds. The average molecular weight is 440 g/mol. The monoisotopic (exact) mass is 439 g/mol. The highest BCUT2D eigenvalue weighted by molar-refractivity contribution is 5.85. The van der Waals surface area contributed by atoms with Crippen molar-refractivity contribution in [1.82, 2.24) is 20.4 Å². The maximum atomic E-state index is 12.2. The first-order valence-corrected chi connectivity index (χ1v) is 12.6. The summed E-state index contributed by atoms with van der Waals surface area (Å²) >= 11 is 0. The molecular weight excluding hydrogens is 398 g/mol. The van der Waals surface area contributed by atoms with Crippen LogP contribution in [0.25, 0.3) is 0 Å². The maximum absolute atomic E-state index is 12.2. The highest BCUT2D eigenvalue weighted by Crippen LogP contribution is 2.37. The molecule has 3 aliphatic rings. The number of likely N-dealkylation sites (N-methyl/N-ethyl adjacent to an activating group) is 1. The van der Waals surface area contributed by atoms with E-state index >= 15 is 0 Å². The van der Waals surface area contributed by atoms with E-state index in [9.17, 15) is 4.79 Å². The van der Waals surface area contributed by atoms with Crippen LogP contribution < -0.4 is 10.6 Å². The lowest BCUT2D eigenvalue weighted by Crippen LogP contribution is -2.55. The summed E-state index contributed by atoms with van der Waals surface area (Å²) in [7, 11) is 3.59. The number of rotatable bonds is 6. The molecule has 1 aliphatic carbocycles. The third-order valence-corrected chi connectivity index (χ3v) is 7.74. The number of nitrogens with one attached hydrogen (secondary N) is 2. The topological polar surface area (TPSA) is 60.0 Å². The molecule has 0 radical (unpaired) electrons. The largest absolute Gasteiger partial charge is 0.354 e. The van der Waals surface area contributed by atoms with Crippen LogP contribution in [0.3, 0.4) is 0 Å². The van der Waals surface area contributed by atoms with E-state index in [1.165, 1.54) is 44.1 Å². The Morgan fingerprint density at radius 3 is 2.38 bits per heavy atom. The summed E-state index contributed by atoms with van der Waals surface area (Å²) < 4.78 is 0. The molecule has 6 nitrogen and oxygen atoms in total. The highest BCUT2D eigenvalue weighted by atomic mass is 16.2. The van der Waals surface area contributed by atoms with Crippen LogP contribution in [0.4, 0.5) is 0 Å². The smallest absolute Gasteiger partial charge is 0.243 e. The molecule has 2 aliphatic heterocycles. The van der Waals surface area contributed by atoms with Crippen LogP contribution in [-0.2, 0) is 11.3 Å². The summed E-state index contributed by atoms with van der Waals surface area (Å²) in [5, 5.41) is 7.45. The zero-order valence-electron chi connectivity index (χ0n) is 20.1. The van der Waals surface area contributed by atoms with Gasteiger partial charge in [0.15, 0.2) is 5.96 Å². The molecule has 1 aromatic carbocycles. The van der Waals surface area contributed by atoms with E-state index in [2.05, 4.69) is 52.8 Å². The molecule has 2 bridgehead atoms. The van der Waals surface area contributed by atoms with Crippen molar-refractivity contribution in [2.45, 2.75) is 89.0 Å². The zero-order valence-corrected chi connectivity index (χ0v) is 20.1. The highest BCUT2D eigenvalue weighted by Gasteiger charge is 2.40. The van der Waals surface area contributed by atoms with Gasteiger partial charge in [0.1, 0.15) is 6.54 Å². The van der Waals surface area contributed by atoms with Gasteiger partial charge in [0, 0.05) is 44.8 Å². The summed E-state index contributed by atoms with van der Waals surface area (Å²) in [6.07, 6.45) is 9.91. The molecular formula is C26H41N5O. The SMILES string of the molecule is CC1CCCCC1NC(=NCC(=O)N(C)C)NC1CC2CCC(C1)N2Cc1ccccc1. The number of hydrogen-bond donors (Lipinski definition) is 2. The molecule has 0 aromatic heterocycles. The average Bonchev–Trinajstić information content (AvgIpc) is 3.01. The van der Waals surface area contributed by atoms with Gasteiger partial charge in [-0.1, -0.05) is 50.1 Å². The molecule has 32 heavy (non-hydrogen) atoms. The predicted octanol–water partition coefficient (Wildman–Crippen LogP) is 3.38. The Labute approximate surface area is 193 Å². The van der Waals surface area contributed by atoms with E-state index < -0.39 is 0 Å². The van der Waals surface area contributed by atoms with Gasteiger partial charge in [0.05, 0.1) is 0 Å². The van der Waals surface area contributed by atoms with Crippen molar-refractivity contribution in [2.24, 2.45) is 10.9 Å². The fourth-order valence-corrected chi connectivity index (χ4v) is 5.77. The second kappa shape index (κ2) is 10.7. The standard InChI is InChI=1S/C26H41N5O/c1-19-9-7-8-12-24(19)29-26(27-17-25(32)30(2)3)28-21-15-22-13-14-23(16-21)31(22)18-20-10-5-4-6-11-20/h4-6,10-11,19,21-24H,7-9,12-18H2,1-3H3,(H2,27,28,29). The van der Waals surface area contributed by atoms with E-state index in [-0.39, 0.29) is 12.5 Å². The number of hydrogen-bond acceptors (Lipinski definition) is 3. The van der Waals surface area contributed by atoms with Crippen molar-refractivity contribution in [1.29, 1.82) is 0 Å². The van der Waals surface area contributed by atoms with Crippen LogP contribution in [0.1, 0.15) is 63.9 Å². The zero-order chi connectivity index (χ0) is 22.5. The lowest BCUT2D eigenvalue weighted by molar-refractivity contribution is -0.127. The molecule has 4 rings (SSSR count). The number of nitrogens with zero attached hydrogens (tertiary/aromatic N) is 3. The van der Waals surface area contributed by atoms with Gasteiger partial charge in [-0.3, -0.25) is 9.69 Å². The first-order valence-electron chi connectivity index (χ1n) is 12.6. The van der Waals surface area contributed by atoms with E-state index in [1.807, 2.05) is 0 Å². The quantitative estimate of drug-likeness (QED) is 0.527. The molecule has 3 fully saturated rings. The number of aliphatic imine (C=N–C) groups is 1. The lowest BCUT2D eigenvalue weighted by atomic mass is 9.86. The number of benzene rings is 1. The molecule has 4 atom stereocenters. The van der Waals surface area contributed by atoms with Gasteiger partial charge in [-0.05, 0) is 50.0 Å². The van der Waals surface area contributed by atoms with E-state index in [1.54, 1.807) is 19.0 Å². The molecule has 2 N–H and O–H groups in total. The summed E-state index contributed by atoms with van der Waals surface area (Å²) in [5.41, 5.74) is 1.41. The molecule has 6 heteroatoms. The minimum atomic E-state index is 0.0422. The number of guanidine groups is 1. The van der Waals surface area contributed by atoms with Crippen LogP contribution >= 0.6 is 0 Å². The van der Waals surface area contributed by atoms with Crippen LogP contribution in [0.5, 0.6) is 0 Å². The van der Waals surface area contributed by atoms with E-state index in [0.717, 1.165) is 25.3 Å². The van der Waals surface area contributed by atoms with E-state index in [0.29, 0.717) is 30.1 Å². The van der Waals surface area contributed by atoms with Gasteiger partial charge in [-0.2, -0.15) is 0 Å². The molecule has 1 saturated carbocycles. The number of piperidine rings is 1. The minimum Gasteiger partial charge on any atom is -0.354 e. The molecule has 4 unspecified atom stereocenters. The van der Waals surface area contributed by atoms with Crippen molar-refractivity contribution in [2.75, 3.05) is 20.6 Å². The third-order valence-electron chi connectivity index (χ3n) is 7.74. The molecule has 2 saturated heterocycles. The van der Waals surface area contributed by atoms with Crippen LogP contribution in [0, 0.1) is 5.92 Å². The fourth-order valence-electron chi connectivity index (χ4n) is 5.77. The Balaban J connectivity index is 1.39. The van der Waals surface area contributed by atoms with Crippen molar-refractivity contribution in [3.63, 3.8) is 0 Å². The van der Waals surface area contributed by atoms with Crippen LogP contribution in [0.15, 0.2) is 35.3 Å². The van der Waals surface area contributed by atoms with Crippen molar-refractivity contribution >= 4 is 11.9 Å². The summed E-state index contributed by atoms with van der Waals surface area (Å²) in [6.45, 7) is 3.59. The Hall–Kier alpha value is -2.08. The summed E-state index contributed by atoms with van der Waals surface area (Å²) in [5.74, 6) is 1.52. The van der Waals surface area contributed by atoms with Crippen molar-refractivity contribution in [3.8, 4) is 0 Å². The number of amides is 1. The second-order valence-corrected chi connectivity index (χ2v) is 10.3. The van der Waals surface area contributed by atoms with Gasteiger partial charge < -0.3 is 15.5 Å². The van der Waals surface area contributed by atoms with Gasteiger partial charge in [0.2, 0.25) is 5.91 Å². The Morgan fingerprint density at radius 1 is 1.03 bits per heavy atom. The van der Waals surface area contributed by atoms with E-state index in [4.69, 9.17) is 4.99 Å². The number of carbonyl (C=O) groups is 1. The summed E-state index contributed by atoms with van der Waals surface area (Å²) in [6, 6.07) is 13.0. The number of carbonyl (C=O) groups excluding carboxylic acids is 1. The molecule has 2 heterocycles.